The Morgan fingerprint density at radius 1 is 1.39 bits per heavy atom. The van der Waals surface area contributed by atoms with Crippen LogP contribution in [-0.4, -0.2) is 16.1 Å². The van der Waals surface area contributed by atoms with E-state index in [0.717, 1.165) is 5.56 Å². The van der Waals surface area contributed by atoms with Crippen molar-refractivity contribution >= 4 is 17.4 Å². The number of anilines is 1. The van der Waals surface area contributed by atoms with Crippen molar-refractivity contribution in [3.05, 3.63) is 58.6 Å². The third-order valence-electron chi connectivity index (χ3n) is 2.63. The van der Waals surface area contributed by atoms with Crippen LogP contribution in [0, 0.1) is 0 Å². The van der Waals surface area contributed by atoms with Gasteiger partial charge in [0.1, 0.15) is 0 Å². The van der Waals surface area contributed by atoms with E-state index in [-0.39, 0.29) is 10.9 Å². The summed E-state index contributed by atoms with van der Waals surface area (Å²) < 4.78 is 1.47. The molecule has 2 aromatic rings. The predicted molar refractivity (Wildman–Crippen MR) is 73.0 cm³/mol. The second kappa shape index (κ2) is 5.69. The third kappa shape index (κ3) is 2.90. The van der Waals surface area contributed by atoms with Crippen LogP contribution in [-0.2, 0) is 7.05 Å². The van der Waals surface area contributed by atoms with E-state index in [9.17, 15) is 4.79 Å². The number of nitrogens with one attached hydrogen (secondary N) is 1. The molecular weight excluding hydrogens is 250 g/mol. The Balaban J connectivity index is 2.04. The Kier molecular flexibility index (Phi) is 3.99. The van der Waals surface area contributed by atoms with E-state index in [2.05, 4.69) is 10.3 Å². The maximum absolute atomic E-state index is 11.7. The molecule has 0 spiro atoms. The highest BCUT2D eigenvalue weighted by atomic mass is 35.5. The number of alkyl halides is 1. The maximum Gasteiger partial charge on any atom is 0.293 e. The SMILES string of the molecule is Cn1ccnc(NCC(Cl)c2ccccc2)c1=O. The van der Waals surface area contributed by atoms with Crippen molar-refractivity contribution in [2.24, 2.45) is 7.05 Å². The van der Waals surface area contributed by atoms with Gasteiger partial charge in [0.2, 0.25) is 0 Å². The van der Waals surface area contributed by atoms with E-state index in [0.29, 0.717) is 12.4 Å². The van der Waals surface area contributed by atoms with Gasteiger partial charge in [-0.1, -0.05) is 30.3 Å². The van der Waals surface area contributed by atoms with Crippen molar-refractivity contribution in [2.45, 2.75) is 5.38 Å². The molecular formula is C13H14ClN3O. The predicted octanol–water partition coefficient (Wildman–Crippen LogP) is 2.17. The number of aromatic nitrogens is 2. The lowest BCUT2D eigenvalue weighted by atomic mass is 10.1. The number of nitrogens with zero attached hydrogens (tertiary/aromatic N) is 2. The summed E-state index contributed by atoms with van der Waals surface area (Å²) in [7, 11) is 1.69. The van der Waals surface area contributed by atoms with Crippen molar-refractivity contribution < 1.29 is 0 Å². The molecule has 0 saturated carbocycles. The Hall–Kier alpha value is -1.81. The summed E-state index contributed by atoms with van der Waals surface area (Å²) in [5.41, 5.74) is 0.855. The second-order valence-electron chi connectivity index (χ2n) is 3.95. The summed E-state index contributed by atoms with van der Waals surface area (Å²) in [6.07, 6.45) is 3.19. The number of aryl methyl sites for hydroxylation is 1. The van der Waals surface area contributed by atoms with Gasteiger partial charge in [0, 0.05) is 26.0 Å². The summed E-state index contributed by atoms with van der Waals surface area (Å²) in [5.74, 6) is 0.321. The molecule has 94 valence electrons. The van der Waals surface area contributed by atoms with Crippen LogP contribution >= 0.6 is 11.6 Å². The monoisotopic (exact) mass is 263 g/mol. The Labute approximate surface area is 110 Å². The van der Waals surface area contributed by atoms with E-state index in [1.54, 1.807) is 19.4 Å². The van der Waals surface area contributed by atoms with Crippen molar-refractivity contribution in [1.82, 2.24) is 9.55 Å². The van der Waals surface area contributed by atoms with Gasteiger partial charge >= 0.3 is 0 Å². The van der Waals surface area contributed by atoms with Crippen LogP contribution in [0.15, 0.2) is 47.5 Å². The van der Waals surface area contributed by atoms with E-state index in [1.165, 1.54) is 4.57 Å². The first kappa shape index (κ1) is 12.6. The zero-order chi connectivity index (χ0) is 13.0. The number of halogens is 1. The van der Waals surface area contributed by atoms with Crippen molar-refractivity contribution in [3.8, 4) is 0 Å². The molecule has 1 atom stereocenters. The highest BCUT2D eigenvalue weighted by molar-refractivity contribution is 6.21. The van der Waals surface area contributed by atoms with Crippen LogP contribution in [0.2, 0.25) is 0 Å². The molecule has 4 nitrogen and oxygen atoms in total. The zero-order valence-electron chi connectivity index (χ0n) is 10.0. The van der Waals surface area contributed by atoms with Crippen molar-refractivity contribution in [1.29, 1.82) is 0 Å². The summed E-state index contributed by atoms with van der Waals surface area (Å²) in [5, 5.41) is 2.78. The van der Waals surface area contributed by atoms with Crippen molar-refractivity contribution in [3.63, 3.8) is 0 Å². The van der Waals surface area contributed by atoms with Gasteiger partial charge in [0.15, 0.2) is 5.82 Å². The first-order valence-corrected chi connectivity index (χ1v) is 6.06. The molecule has 1 aromatic carbocycles. The van der Waals surface area contributed by atoms with E-state index < -0.39 is 0 Å². The van der Waals surface area contributed by atoms with E-state index in [1.807, 2.05) is 30.3 Å². The quantitative estimate of drug-likeness (QED) is 0.860. The smallest absolute Gasteiger partial charge is 0.293 e. The fraction of sp³-hybridized carbons (Fsp3) is 0.231. The standard InChI is InChI=1S/C13H14ClN3O/c1-17-8-7-15-12(13(17)18)16-9-11(14)10-5-3-2-4-6-10/h2-8,11H,9H2,1H3,(H,15,16). The molecule has 0 radical (unpaired) electrons. The molecule has 0 aliphatic heterocycles. The molecule has 0 fully saturated rings. The molecule has 1 N–H and O–H groups in total. The minimum Gasteiger partial charge on any atom is -0.364 e. The minimum absolute atomic E-state index is 0.158. The van der Waals surface area contributed by atoms with Crippen LogP contribution in [0.5, 0.6) is 0 Å². The van der Waals surface area contributed by atoms with Gasteiger partial charge in [0.05, 0.1) is 5.38 Å². The number of rotatable bonds is 4. The van der Waals surface area contributed by atoms with Crippen LogP contribution in [0.3, 0.4) is 0 Å². The van der Waals surface area contributed by atoms with Crippen LogP contribution < -0.4 is 10.9 Å². The first-order chi connectivity index (χ1) is 8.68. The van der Waals surface area contributed by atoms with Gasteiger partial charge in [-0.3, -0.25) is 4.79 Å². The molecule has 0 aliphatic rings. The molecule has 0 saturated heterocycles. The lowest BCUT2D eigenvalue weighted by molar-refractivity contribution is 0.835. The topological polar surface area (TPSA) is 46.9 Å². The zero-order valence-corrected chi connectivity index (χ0v) is 10.8. The van der Waals surface area contributed by atoms with E-state index in [4.69, 9.17) is 11.6 Å². The van der Waals surface area contributed by atoms with Gasteiger partial charge in [0.25, 0.3) is 5.56 Å². The summed E-state index contributed by atoms with van der Waals surface area (Å²) >= 11 is 6.25. The molecule has 1 aromatic heterocycles. The van der Waals surface area contributed by atoms with Gasteiger partial charge < -0.3 is 9.88 Å². The molecule has 0 bridgehead atoms. The van der Waals surface area contributed by atoms with Gasteiger partial charge in [-0.05, 0) is 5.56 Å². The Morgan fingerprint density at radius 2 is 2.11 bits per heavy atom. The summed E-state index contributed by atoms with van der Waals surface area (Å²) in [6, 6.07) is 9.72. The number of benzene rings is 1. The van der Waals surface area contributed by atoms with Gasteiger partial charge in [-0.2, -0.15) is 0 Å². The molecule has 5 heteroatoms. The fourth-order valence-electron chi connectivity index (χ4n) is 1.59. The second-order valence-corrected chi connectivity index (χ2v) is 4.48. The molecule has 1 unspecified atom stereocenters. The lowest BCUT2D eigenvalue weighted by Gasteiger charge is -2.11. The average Bonchev–Trinajstić information content (AvgIpc) is 2.41. The highest BCUT2D eigenvalue weighted by Gasteiger charge is 2.09. The molecule has 0 aliphatic carbocycles. The fourth-order valence-corrected chi connectivity index (χ4v) is 1.81. The molecule has 0 amide bonds. The third-order valence-corrected chi connectivity index (χ3v) is 3.03. The van der Waals surface area contributed by atoms with Gasteiger partial charge in [-0.25, -0.2) is 4.98 Å². The van der Waals surface area contributed by atoms with Crippen LogP contribution in [0.4, 0.5) is 5.82 Å². The summed E-state index contributed by atoms with van der Waals surface area (Å²) in [6.45, 7) is 0.456. The number of hydrogen-bond donors (Lipinski definition) is 1. The van der Waals surface area contributed by atoms with Crippen LogP contribution in [0.1, 0.15) is 10.9 Å². The van der Waals surface area contributed by atoms with Crippen LogP contribution in [0.25, 0.3) is 0 Å². The average molecular weight is 264 g/mol. The largest absolute Gasteiger partial charge is 0.364 e. The lowest BCUT2D eigenvalue weighted by Crippen LogP contribution is -2.23. The normalized spacial score (nSPS) is 12.1. The molecule has 2 rings (SSSR count). The van der Waals surface area contributed by atoms with Crippen molar-refractivity contribution in [2.75, 3.05) is 11.9 Å². The Bertz CT molecular complexity index is 568. The highest BCUT2D eigenvalue weighted by Crippen LogP contribution is 2.19. The first-order valence-electron chi connectivity index (χ1n) is 5.63. The van der Waals surface area contributed by atoms with E-state index >= 15 is 0 Å². The minimum atomic E-state index is -0.196. The molecule has 1 heterocycles. The molecule has 18 heavy (non-hydrogen) atoms. The number of hydrogen-bond acceptors (Lipinski definition) is 3. The van der Waals surface area contributed by atoms with Gasteiger partial charge in [-0.15, -0.1) is 11.6 Å². The maximum atomic E-state index is 11.7. The summed E-state index contributed by atoms with van der Waals surface area (Å²) in [4.78, 5) is 15.7. The Morgan fingerprint density at radius 3 is 2.83 bits per heavy atom.